The molecule has 0 amide bonds. The topological polar surface area (TPSA) is 70.1 Å². The third-order valence-electron chi connectivity index (χ3n) is 3.01. The van der Waals surface area contributed by atoms with Gasteiger partial charge < -0.3 is 15.7 Å². The van der Waals surface area contributed by atoms with Crippen molar-refractivity contribution in [3.8, 4) is 0 Å². The van der Waals surface area contributed by atoms with Gasteiger partial charge in [-0.2, -0.15) is 0 Å². The Balaban J connectivity index is 2.16. The van der Waals surface area contributed by atoms with Gasteiger partial charge in [0.2, 0.25) is 0 Å². The summed E-state index contributed by atoms with van der Waals surface area (Å²) in [5.74, 6) is 3.06. The van der Waals surface area contributed by atoms with E-state index in [9.17, 15) is 5.11 Å². The summed E-state index contributed by atoms with van der Waals surface area (Å²) in [6.45, 7) is 2.16. The minimum absolute atomic E-state index is 0.0571. The zero-order chi connectivity index (χ0) is 12.3. The Bertz CT molecular complexity index is 375. The summed E-state index contributed by atoms with van der Waals surface area (Å²) in [4.78, 5) is 8.95. The van der Waals surface area contributed by atoms with Crippen molar-refractivity contribution in [3.63, 3.8) is 0 Å². The molecule has 1 aromatic heterocycles. The molecule has 3 N–H and O–H groups in total. The van der Waals surface area contributed by atoms with Crippen LogP contribution in [0.4, 0.5) is 11.6 Å². The maximum Gasteiger partial charge on any atom is 0.136 e. The van der Waals surface area contributed by atoms with Gasteiger partial charge >= 0.3 is 0 Å². The summed E-state index contributed by atoms with van der Waals surface area (Å²) in [6.07, 6.45) is 3.24. The highest BCUT2D eigenvalue weighted by Gasteiger charge is 2.27. The molecule has 0 saturated heterocycles. The Kier molecular flexibility index (Phi) is 3.78. The molecule has 0 spiro atoms. The Hall–Kier alpha value is -1.36. The van der Waals surface area contributed by atoms with Gasteiger partial charge in [0.1, 0.15) is 17.5 Å². The summed E-state index contributed by atoms with van der Waals surface area (Å²) >= 11 is 0. The van der Waals surface area contributed by atoms with Crippen LogP contribution < -0.4 is 10.6 Å². The second kappa shape index (κ2) is 5.31. The molecule has 0 bridgehead atoms. The molecule has 1 heterocycles. The molecule has 1 aromatic rings. The number of aromatic nitrogens is 2. The fourth-order valence-corrected chi connectivity index (χ4v) is 1.68. The standard InChI is InChI=1S/C12H20N4O/c1-3-9(7-17)14-11-6-10(13-2)15-12(16-11)8-4-5-8/h6,8-9,17H,3-5,7H2,1-2H3,(H2,13,14,15,16). The van der Waals surface area contributed by atoms with Crippen LogP contribution in [-0.4, -0.2) is 34.8 Å². The fraction of sp³-hybridized carbons (Fsp3) is 0.667. The lowest BCUT2D eigenvalue weighted by Gasteiger charge is -2.16. The molecule has 1 saturated carbocycles. The fourth-order valence-electron chi connectivity index (χ4n) is 1.68. The lowest BCUT2D eigenvalue weighted by Crippen LogP contribution is -2.23. The zero-order valence-electron chi connectivity index (χ0n) is 10.4. The number of hydrogen-bond donors (Lipinski definition) is 3. The first kappa shape index (κ1) is 12.1. The molecule has 2 rings (SSSR count). The van der Waals surface area contributed by atoms with Crippen molar-refractivity contribution in [1.29, 1.82) is 0 Å². The van der Waals surface area contributed by atoms with E-state index in [-0.39, 0.29) is 12.6 Å². The molecular weight excluding hydrogens is 216 g/mol. The summed E-state index contributed by atoms with van der Waals surface area (Å²) < 4.78 is 0. The van der Waals surface area contributed by atoms with E-state index in [4.69, 9.17) is 0 Å². The molecule has 1 aliphatic carbocycles. The van der Waals surface area contributed by atoms with Crippen molar-refractivity contribution in [3.05, 3.63) is 11.9 Å². The van der Waals surface area contributed by atoms with Crippen molar-refractivity contribution in [2.45, 2.75) is 38.1 Å². The molecule has 1 fully saturated rings. The molecule has 94 valence electrons. The van der Waals surface area contributed by atoms with Gasteiger partial charge in [0.05, 0.1) is 12.6 Å². The van der Waals surface area contributed by atoms with E-state index < -0.39 is 0 Å². The number of nitrogens with one attached hydrogen (secondary N) is 2. The molecule has 17 heavy (non-hydrogen) atoms. The second-order valence-electron chi connectivity index (χ2n) is 4.45. The van der Waals surface area contributed by atoms with Crippen LogP contribution in [0.1, 0.15) is 37.9 Å². The van der Waals surface area contributed by atoms with Crippen molar-refractivity contribution < 1.29 is 5.11 Å². The number of aliphatic hydroxyl groups is 1. The third kappa shape index (κ3) is 3.06. The van der Waals surface area contributed by atoms with E-state index in [1.165, 1.54) is 12.8 Å². The predicted octanol–water partition coefficient (Wildman–Crippen LogP) is 1.58. The average molecular weight is 236 g/mol. The Morgan fingerprint density at radius 3 is 2.65 bits per heavy atom. The van der Waals surface area contributed by atoms with Crippen molar-refractivity contribution in [1.82, 2.24) is 9.97 Å². The van der Waals surface area contributed by atoms with E-state index in [0.29, 0.717) is 5.92 Å². The first-order chi connectivity index (χ1) is 8.26. The largest absolute Gasteiger partial charge is 0.394 e. The average Bonchev–Trinajstić information content (AvgIpc) is 3.19. The molecule has 1 atom stereocenters. The van der Waals surface area contributed by atoms with Crippen LogP contribution in [0.3, 0.4) is 0 Å². The SMILES string of the molecule is CCC(CO)Nc1cc(NC)nc(C2CC2)n1. The van der Waals surface area contributed by atoms with Crippen LogP contribution in [-0.2, 0) is 0 Å². The van der Waals surface area contributed by atoms with Gasteiger partial charge in [0.25, 0.3) is 0 Å². The third-order valence-corrected chi connectivity index (χ3v) is 3.01. The normalized spacial score (nSPS) is 16.6. The van der Waals surface area contributed by atoms with Crippen LogP contribution in [0.2, 0.25) is 0 Å². The molecule has 1 aliphatic rings. The van der Waals surface area contributed by atoms with Gasteiger partial charge in [-0.3, -0.25) is 0 Å². The molecule has 0 aliphatic heterocycles. The van der Waals surface area contributed by atoms with E-state index in [0.717, 1.165) is 23.9 Å². The summed E-state index contributed by atoms with van der Waals surface area (Å²) in [5, 5.41) is 15.5. The zero-order valence-corrected chi connectivity index (χ0v) is 10.4. The molecule has 5 heteroatoms. The van der Waals surface area contributed by atoms with Crippen LogP contribution in [0.5, 0.6) is 0 Å². The number of nitrogens with zero attached hydrogens (tertiary/aromatic N) is 2. The number of rotatable bonds is 6. The molecule has 1 unspecified atom stereocenters. The van der Waals surface area contributed by atoms with E-state index >= 15 is 0 Å². The first-order valence-corrected chi connectivity index (χ1v) is 6.21. The van der Waals surface area contributed by atoms with Crippen molar-refractivity contribution in [2.75, 3.05) is 24.3 Å². The van der Waals surface area contributed by atoms with Gasteiger partial charge in [0.15, 0.2) is 0 Å². The number of anilines is 2. The monoisotopic (exact) mass is 236 g/mol. The van der Waals surface area contributed by atoms with Crippen molar-refractivity contribution >= 4 is 11.6 Å². The highest BCUT2D eigenvalue weighted by Crippen LogP contribution is 2.38. The first-order valence-electron chi connectivity index (χ1n) is 6.21. The minimum atomic E-state index is 0.0571. The van der Waals surface area contributed by atoms with Gasteiger partial charge in [-0.05, 0) is 19.3 Å². The van der Waals surface area contributed by atoms with Crippen LogP contribution >= 0.6 is 0 Å². The Morgan fingerprint density at radius 1 is 1.41 bits per heavy atom. The maximum atomic E-state index is 9.18. The minimum Gasteiger partial charge on any atom is -0.394 e. The maximum absolute atomic E-state index is 9.18. The van der Waals surface area contributed by atoms with Gasteiger partial charge in [0, 0.05) is 19.0 Å². The molecule has 0 aromatic carbocycles. The van der Waals surface area contributed by atoms with E-state index in [1.54, 1.807) is 0 Å². The van der Waals surface area contributed by atoms with Crippen LogP contribution in [0, 0.1) is 0 Å². The highest BCUT2D eigenvalue weighted by molar-refractivity contribution is 5.48. The lowest BCUT2D eigenvalue weighted by atomic mass is 10.2. The van der Waals surface area contributed by atoms with Crippen molar-refractivity contribution in [2.24, 2.45) is 0 Å². The molecular formula is C12H20N4O. The summed E-state index contributed by atoms with van der Waals surface area (Å²) in [5.41, 5.74) is 0. The smallest absolute Gasteiger partial charge is 0.136 e. The molecule has 0 radical (unpaired) electrons. The predicted molar refractivity (Wildman–Crippen MR) is 68.3 cm³/mol. The number of hydrogen-bond acceptors (Lipinski definition) is 5. The van der Waals surface area contributed by atoms with Crippen LogP contribution in [0.15, 0.2) is 6.07 Å². The number of aliphatic hydroxyl groups excluding tert-OH is 1. The summed E-state index contributed by atoms with van der Waals surface area (Å²) in [7, 11) is 1.85. The van der Waals surface area contributed by atoms with Gasteiger partial charge in [-0.25, -0.2) is 9.97 Å². The van der Waals surface area contributed by atoms with E-state index in [1.807, 2.05) is 20.0 Å². The van der Waals surface area contributed by atoms with E-state index in [2.05, 4.69) is 20.6 Å². The van der Waals surface area contributed by atoms with Crippen LogP contribution in [0.25, 0.3) is 0 Å². The Morgan fingerprint density at radius 2 is 2.12 bits per heavy atom. The quantitative estimate of drug-likeness (QED) is 0.699. The molecule has 5 nitrogen and oxygen atoms in total. The highest BCUT2D eigenvalue weighted by atomic mass is 16.3. The van der Waals surface area contributed by atoms with Gasteiger partial charge in [-0.15, -0.1) is 0 Å². The Labute approximate surface area is 102 Å². The lowest BCUT2D eigenvalue weighted by molar-refractivity contribution is 0.271. The van der Waals surface area contributed by atoms with Gasteiger partial charge in [-0.1, -0.05) is 6.92 Å². The second-order valence-corrected chi connectivity index (χ2v) is 4.45. The summed E-state index contributed by atoms with van der Waals surface area (Å²) in [6, 6.07) is 1.94.